The van der Waals surface area contributed by atoms with Crippen molar-refractivity contribution in [2.45, 2.75) is 4.90 Å². The zero-order chi connectivity index (χ0) is 32.3. The number of aromatic hydroxyl groups is 2. The van der Waals surface area contributed by atoms with Gasteiger partial charge in [0, 0.05) is 0 Å². The van der Waals surface area contributed by atoms with E-state index in [2.05, 4.69) is 25.6 Å². The SMILES string of the molecule is O=C(O)c1cc(N=Nc2ccc(-c3ccc(N=Nc4c(C(=O)O)nn(-c5ccc(S(=O)(=O)O)cc5)c4O)cc3)cc2)ccc1O. The smallest absolute Gasteiger partial charge is 0.358 e. The van der Waals surface area contributed by atoms with Gasteiger partial charge in [-0.25, -0.2) is 9.59 Å². The molecule has 45 heavy (non-hydrogen) atoms. The minimum atomic E-state index is -4.46. The molecule has 0 aliphatic carbocycles. The first-order valence-corrected chi connectivity index (χ1v) is 14.1. The van der Waals surface area contributed by atoms with Crippen LogP contribution in [-0.4, -0.2) is 55.1 Å². The van der Waals surface area contributed by atoms with Crippen LogP contribution in [0.2, 0.25) is 0 Å². The van der Waals surface area contributed by atoms with Crippen LogP contribution < -0.4 is 0 Å². The van der Waals surface area contributed by atoms with Gasteiger partial charge in [-0.3, -0.25) is 4.55 Å². The van der Waals surface area contributed by atoms with Gasteiger partial charge in [0.15, 0.2) is 5.69 Å². The summed E-state index contributed by atoms with van der Waals surface area (Å²) < 4.78 is 32.6. The predicted octanol–water partition coefficient (Wildman–Crippen LogP) is 6.42. The van der Waals surface area contributed by atoms with Crippen molar-refractivity contribution in [1.29, 1.82) is 0 Å². The Kier molecular flexibility index (Phi) is 8.16. The van der Waals surface area contributed by atoms with E-state index in [1.807, 2.05) is 0 Å². The number of carbonyl (C=O) groups is 2. The normalized spacial score (nSPS) is 11.8. The highest BCUT2D eigenvalue weighted by Gasteiger charge is 2.24. The summed E-state index contributed by atoms with van der Waals surface area (Å²) in [7, 11) is -4.46. The molecule has 16 heteroatoms. The van der Waals surface area contributed by atoms with E-state index in [-0.39, 0.29) is 22.7 Å². The van der Waals surface area contributed by atoms with Crippen molar-refractivity contribution in [2.75, 3.05) is 0 Å². The maximum Gasteiger partial charge on any atom is 0.358 e. The van der Waals surface area contributed by atoms with E-state index in [4.69, 9.17) is 9.66 Å². The third-order valence-electron chi connectivity index (χ3n) is 6.24. The number of carboxylic acid groups (broad SMARTS) is 2. The van der Waals surface area contributed by atoms with Gasteiger partial charge in [0.05, 0.1) is 27.6 Å². The van der Waals surface area contributed by atoms with Crippen molar-refractivity contribution < 1.29 is 43.0 Å². The van der Waals surface area contributed by atoms with Crippen LogP contribution >= 0.6 is 0 Å². The van der Waals surface area contributed by atoms with Crippen molar-refractivity contribution in [3.8, 4) is 28.4 Å². The summed E-state index contributed by atoms with van der Waals surface area (Å²) in [6, 6.07) is 22.1. The highest BCUT2D eigenvalue weighted by Crippen LogP contribution is 2.35. The van der Waals surface area contributed by atoms with E-state index in [1.165, 1.54) is 30.3 Å². The Hall–Kier alpha value is -6.26. The number of aromatic nitrogens is 2. The number of azo groups is 2. The Morgan fingerprint density at radius 1 is 0.667 bits per heavy atom. The maximum atomic E-state index is 11.8. The van der Waals surface area contributed by atoms with E-state index >= 15 is 0 Å². The van der Waals surface area contributed by atoms with Crippen LogP contribution in [0.15, 0.2) is 116 Å². The Bertz CT molecular complexity index is 2090. The lowest BCUT2D eigenvalue weighted by Crippen LogP contribution is -2.02. The molecule has 0 aliphatic rings. The third-order valence-corrected chi connectivity index (χ3v) is 7.11. The maximum absolute atomic E-state index is 11.8. The first-order chi connectivity index (χ1) is 21.4. The minimum absolute atomic E-state index is 0.105. The molecule has 0 radical (unpaired) electrons. The molecule has 5 rings (SSSR count). The summed E-state index contributed by atoms with van der Waals surface area (Å²) in [4.78, 5) is 22.5. The van der Waals surface area contributed by atoms with Crippen LogP contribution in [0.1, 0.15) is 20.8 Å². The van der Waals surface area contributed by atoms with E-state index in [1.54, 1.807) is 48.5 Å². The number of hydrogen-bond donors (Lipinski definition) is 5. The van der Waals surface area contributed by atoms with Crippen LogP contribution in [0.5, 0.6) is 11.6 Å². The second kappa shape index (κ2) is 12.2. The van der Waals surface area contributed by atoms with Gasteiger partial charge in [-0.15, -0.1) is 5.11 Å². The van der Waals surface area contributed by atoms with Crippen LogP contribution in [0.4, 0.5) is 22.7 Å². The molecule has 5 aromatic rings. The van der Waals surface area contributed by atoms with Gasteiger partial charge in [0.1, 0.15) is 11.3 Å². The Balaban J connectivity index is 1.32. The Morgan fingerprint density at radius 2 is 1.18 bits per heavy atom. The Labute approximate surface area is 253 Å². The molecule has 1 aromatic heterocycles. The van der Waals surface area contributed by atoms with Crippen molar-refractivity contribution >= 4 is 44.8 Å². The van der Waals surface area contributed by atoms with E-state index in [0.29, 0.717) is 11.4 Å². The molecule has 0 amide bonds. The van der Waals surface area contributed by atoms with Crippen LogP contribution in [0, 0.1) is 0 Å². The molecule has 15 nitrogen and oxygen atoms in total. The molecule has 0 bridgehead atoms. The molecule has 0 aliphatic heterocycles. The Morgan fingerprint density at radius 3 is 1.69 bits per heavy atom. The number of aromatic carboxylic acids is 2. The van der Waals surface area contributed by atoms with E-state index in [9.17, 15) is 33.3 Å². The predicted molar refractivity (Wildman–Crippen MR) is 157 cm³/mol. The summed E-state index contributed by atoms with van der Waals surface area (Å²) in [6.45, 7) is 0. The van der Waals surface area contributed by atoms with Gasteiger partial charge in [0.25, 0.3) is 10.1 Å². The van der Waals surface area contributed by atoms with Crippen LogP contribution in [0.25, 0.3) is 16.8 Å². The average Bonchev–Trinajstić information content (AvgIpc) is 3.35. The lowest BCUT2D eigenvalue weighted by Gasteiger charge is -2.04. The number of carboxylic acids is 2. The van der Waals surface area contributed by atoms with Gasteiger partial charge in [0.2, 0.25) is 11.6 Å². The summed E-state index contributed by atoms with van der Waals surface area (Å²) in [6.07, 6.45) is 0. The zero-order valence-corrected chi connectivity index (χ0v) is 23.4. The first kappa shape index (κ1) is 30.2. The second-order valence-electron chi connectivity index (χ2n) is 9.21. The lowest BCUT2D eigenvalue weighted by molar-refractivity contribution is 0.0681. The fourth-order valence-electron chi connectivity index (χ4n) is 4.00. The highest BCUT2D eigenvalue weighted by molar-refractivity contribution is 7.85. The average molecular weight is 629 g/mol. The number of nitrogens with zero attached hydrogens (tertiary/aromatic N) is 6. The number of benzene rings is 4. The standard InChI is InChI=1S/C29H20N6O9S/c36-24-14-9-20(15-23(24)28(38)39)32-30-18-5-1-16(2-6-18)17-3-7-19(8-4-17)31-33-25-26(29(40)41)34-35(27(25)37)21-10-12-22(13-11-21)45(42,43)44/h1-15,36-37H,(H,38,39)(H,40,41)(H,42,43,44). The number of rotatable bonds is 9. The molecule has 226 valence electrons. The molecule has 0 fully saturated rings. The molecule has 0 saturated carbocycles. The van der Waals surface area contributed by atoms with Crippen molar-refractivity contribution in [3.05, 3.63) is 102 Å². The molecule has 1 heterocycles. The lowest BCUT2D eigenvalue weighted by atomic mass is 10.1. The van der Waals surface area contributed by atoms with E-state index in [0.717, 1.165) is 27.9 Å². The fourth-order valence-corrected chi connectivity index (χ4v) is 4.48. The second-order valence-corrected chi connectivity index (χ2v) is 10.6. The summed E-state index contributed by atoms with van der Waals surface area (Å²) in [5.74, 6) is -3.80. The summed E-state index contributed by atoms with van der Waals surface area (Å²) in [5.41, 5.74) is 1.50. The largest absolute Gasteiger partial charge is 0.507 e. The molecule has 0 atom stereocenters. The van der Waals surface area contributed by atoms with Crippen LogP contribution in [0.3, 0.4) is 0 Å². The van der Waals surface area contributed by atoms with Crippen LogP contribution in [-0.2, 0) is 10.1 Å². The molecular formula is C29H20N6O9S. The zero-order valence-electron chi connectivity index (χ0n) is 22.6. The van der Waals surface area contributed by atoms with Gasteiger partial charge in [-0.2, -0.15) is 33.5 Å². The minimum Gasteiger partial charge on any atom is -0.507 e. The molecule has 0 unspecified atom stereocenters. The number of phenols is 1. The summed E-state index contributed by atoms with van der Waals surface area (Å²) in [5, 5.41) is 58.8. The quantitative estimate of drug-likeness (QED) is 0.0886. The van der Waals surface area contributed by atoms with Gasteiger partial charge < -0.3 is 20.4 Å². The van der Waals surface area contributed by atoms with Crippen molar-refractivity contribution in [3.63, 3.8) is 0 Å². The van der Waals surface area contributed by atoms with E-state index < -0.39 is 44.2 Å². The molecular weight excluding hydrogens is 608 g/mol. The fraction of sp³-hybridized carbons (Fsp3) is 0. The van der Waals surface area contributed by atoms with Crippen molar-refractivity contribution in [2.24, 2.45) is 20.5 Å². The molecule has 4 aromatic carbocycles. The first-order valence-electron chi connectivity index (χ1n) is 12.6. The molecule has 0 saturated heterocycles. The number of hydrogen-bond acceptors (Lipinski definition) is 11. The van der Waals surface area contributed by atoms with Gasteiger partial charge in [-0.05, 0) is 77.9 Å². The van der Waals surface area contributed by atoms with Crippen molar-refractivity contribution in [1.82, 2.24) is 9.78 Å². The topological polar surface area (TPSA) is 237 Å². The van der Waals surface area contributed by atoms with Gasteiger partial charge >= 0.3 is 11.9 Å². The monoisotopic (exact) mass is 628 g/mol. The molecule has 5 N–H and O–H groups in total. The third kappa shape index (κ3) is 6.71. The summed E-state index contributed by atoms with van der Waals surface area (Å²) >= 11 is 0. The highest BCUT2D eigenvalue weighted by atomic mass is 32.2. The molecule has 0 spiro atoms. The van der Waals surface area contributed by atoms with Gasteiger partial charge in [-0.1, -0.05) is 24.3 Å².